The Morgan fingerprint density at radius 3 is 1.90 bits per heavy atom. The highest BCUT2D eigenvalue weighted by molar-refractivity contribution is 6.17. The standard InChI is InChI=1S/C46H32N2/c1-3-17-35(18-4-1)47(37-31-29-34(30-32-37)39-24-13-16-33-15-7-8-21-38(33)39)43-26-11-9-22-40(43)41-25-14-28-45-46(41)42-23-10-12-27-44(42)48(45)36-19-5-2-6-20-36/h1-32H/i2D,5D,6D,19D,20D. The van der Waals surface area contributed by atoms with Gasteiger partial charge in [-0.1, -0.05) is 139 Å². The van der Waals surface area contributed by atoms with Gasteiger partial charge in [0, 0.05) is 33.4 Å². The molecule has 48 heavy (non-hydrogen) atoms. The Morgan fingerprint density at radius 1 is 0.438 bits per heavy atom. The van der Waals surface area contributed by atoms with Crippen LogP contribution in [0.25, 0.3) is 60.5 Å². The van der Waals surface area contributed by atoms with E-state index < -0.39 is 6.04 Å². The molecule has 0 spiro atoms. The number of para-hydroxylation sites is 4. The van der Waals surface area contributed by atoms with Gasteiger partial charge in [0.15, 0.2) is 0 Å². The maximum atomic E-state index is 8.87. The molecule has 9 rings (SSSR count). The zero-order chi connectivity index (χ0) is 36.2. The topological polar surface area (TPSA) is 8.17 Å². The first kappa shape index (κ1) is 23.0. The maximum absolute atomic E-state index is 8.87. The lowest BCUT2D eigenvalue weighted by Gasteiger charge is -2.28. The van der Waals surface area contributed by atoms with Crippen LogP contribution in [0.15, 0.2) is 194 Å². The molecule has 226 valence electrons. The fraction of sp³-hybridized carbons (Fsp3) is 0. The quantitative estimate of drug-likeness (QED) is 0.180. The molecule has 0 N–H and O–H groups in total. The number of nitrogens with zero attached hydrogens (tertiary/aromatic N) is 2. The molecule has 9 aromatic rings. The van der Waals surface area contributed by atoms with Crippen molar-refractivity contribution in [3.8, 4) is 27.9 Å². The van der Waals surface area contributed by atoms with Gasteiger partial charge in [-0.2, -0.15) is 0 Å². The summed E-state index contributed by atoms with van der Waals surface area (Å²) in [6.07, 6.45) is 0. The number of anilines is 3. The molecule has 0 saturated carbocycles. The Bertz CT molecular complexity index is 2810. The second-order valence-corrected chi connectivity index (χ2v) is 11.8. The second-order valence-electron chi connectivity index (χ2n) is 11.8. The van der Waals surface area contributed by atoms with E-state index in [4.69, 9.17) is 6.85 Å². The lowest BCUT2D eigenvalue weighted by atomic mass is 9.96. The number of rotatable bonds is 6. The van der Waals surface area contributed by atoms with Crippen molar-refractivity contribution in [1.29, 1.82) is 0 Å². The van der Waals surface area contributed by atoms with Gasteiger partial charge in [-0.25, -0.2) is 0 Å². The number of aromatic nitrogens is 1. The molecular formula is C46H32N2. The number of hydrogen-bond donors (Lipinski definition) is 0. The smallest absolute Gasteiger partial charge is 0.0645 e. The summed E-state index contributed by atoms with van der Waals surface area (Å²) in [6, 6.07) is 54.6. The second kappa shape index (κ2) is 11.8. The zero-order valence-corrected chi connectivity index (χ0v) is 26.0. The maximum Gasteiger partial charge on any atom is 0.0645 e. The molecule has 0 radical (unpaired) electrons. The number of benzene rings is 8. The van der Waals surface area contributed by atoms with Crippen LogP contribution < -0.4 is 4.90 Å². The Kier molecular flexibility index (Phi) is 5.64. The lowest BCUT2D eigenvalue weighted by molar-refractivity contribution is 1.18. The summed E-state index contributed by atoms with van der Waals surface area (Å²) in [4.78, 5) is 2.27. The van der Waals surface area contributed by atoms with Gasteiger partial charge in [-0.15, -0.1) is 0 Å². The van der Waals surface area contributed by atoms with E-state index in [2.05, 4.69) is 108 Å². The summed E-state index contributed by atoms with van der Waals surface area (Å²) in [7, 11) is 0. The third-order valence-corrected chi connectivity index (χ3v) is 9.08. The summed E-state index contributed by atoms with van der Waals surface area (Å²) >= 11 is 0. The van der Waals surface area contributed by atoms with Crippen LogP contribution in [0.4, 0.5) is 17.1 Å². The van der Waals surface area contributed by atoms with E-state index in [9.17, 15) is 0 Å². The molecule has 8 aromatic carbocycles. The lowest BCUT2D eigenvalue weighted by Crippen LogP contribution is -2.11. The van der Waals surface area contributed by atoms with Crippen LogP contribution in [0.5, 0.6) is 0 Å². The van der Waals surface area contributed by atoms with Gasteiger partial charge >= 0.3 is 0 Å². The van der Waals surface area contributed by atoms with Crippen LogP contribution in [0.1, 0.15) is 6.85 Å². The van der Waals surface area contributed by atoms with E-state index in [1.807, 2.05) is 65.2 Å². The number of fused-ring (bicyclic) bond motifs is 4. The normalized spacial score (nSPS) is 12.8. The molecule has 0 saturated heterocycles. The highest BCUT2D eigenvalue weighted by Crippen LogP contribution is 2.45. The monoisotopic (exact) mass is 617 g/mol. The molecule has 0 fully saturated rings. The molecule has 0 unspecified atom stereocenters. The van der Waals surface area contributed by atoms with Crippen LogP contribution in [-0.4, -0.2) is 4.57 Å². The van der Waals surface area contributed by atoms with Crippen LogP contribution in [0, 0.1) is 0 Å². The molecular weight excluding hydrogens is 581 g/mol. The van der Waals surface area contributed by atoms with Crippen molar-refractivity contribution in [2.75, 3.05) is 4.90 Å². The predicted molar refractivity (Wildman–Crippen MR) is 204 cm³/mol. The molecule has 0 aliphatic heterocycles. The van der Waals surface area contributed by atoms with E-state index in [0.717, 1.165) is 55.6 Å². The summed E-state index contributed by atoms with van der Waals surface area (Å²) in [5, 5.41) is 4.27. The highest BCUT2D eigenvalue weighted by Gasteiger charge is 2.21. The van der Waals surface area contributed by atoms with Gasteiger partial charge < -0.3 is 9.47 Å². The van der Waals surface area contributed by atoms with Gasteiger partial charge in [0.25, 0.3) is 0 Å². The predicted octanol–water partition coefficient (Wildman–Crippen LogP) is 12.7. The van der Waals surface area contributed by atoms with Crippen LogP contribution in [-0.2, 0) is 0 Å². The molecule has 0 atom stereocenters. The van der Waals surface area contributed by atoms with Crippen LogP contribution >= 0.6 is 0 Å². The minimum Gasteiger partial charge on any atom is -0.310 e. The van der Waals surface area contributed by atoms with Gasteiger partial charge in [0.05, 0.1) is 23.6 Å². The van der Waals surface area contributed by atoms with Crippen molar-refractivity contribution in [1.82, 2.24) is 4.57 Å². The molecule has 1 heterocycles. The van der Waals surface area contributed by atoms with Crippen LogP contribution in [0.2, 0.25) is 0 Å². The van der Waals surface area contributed by atoms with Crippen molar-refractivity contribution in [3.63, 3.8) is 0 Å². The highest BCUT2D eigenvalue weighted by atomic mass is 15.1. The van der Waals surface area contributed by atoms with Gasteiger partial charge in [0.1, 0.15) is 0 Å². The van der Waals surface area contributed by atoms with Crippen molar-refractivity contribution in [2.24, 2.45) is 0 Å². The largest absolute Gasteiger partial charge is 0.310 e. The summed E-state index contributed by atoms with van der Waals surface area (Å²) < 4.78 is 44.7. The third-order valence-electron chi connectivity index (χ3n) is 9.08. The Balaban J connectivity index is 1.26. The summed E-state index contributed by atoms with van der Waals surface area (Å²) in [6.45, 7) is 0. The average Bonchev–Trinajstić information content (AvgIpc) is 3.54. The first-order valence-corrected chi connectivity index (χ1v) is 16.0. The van der Waals surface area contributed by atoms with E-state index in [0.29, 0.717) is 0 Å². The minimum absolute atomic E-state index is 0.129. The minimum atomic E-state index is -0.412. The zero-order valence-electron chi connectivity index (χ0n) is 31.0. The SMILES string of the molecule is [2H]c1c([2H])c([2H])c(-n2c3ccccc3c3c(-c4ccccc4N(c4ccccc4)c4ccc(-c5cccc6ccccc56)cc4)cccc32)c([2H])c1[2H]. The van der Waals surface area contributed by atoms with Crippen molar-refractivity contribution in [3.05, 3.63) is 194 Å². The summed E-state index contributed by atoms with van der Waals surface area (Å²) in [5.41, 5.74) is 8.90. The fourth-order valence-corrected chi connectivity index (χ4v) is 7.01. The van der Waals surface area contributed by atoms with E-state index in [1.54, 1.807) is 0 Å². The van der Waals surface area contributed by atoms with E-state index >= 15 is 0 Å². The first-order chi connectivity index (χ1) is 25.9. The summed E-state index contributed by atoms with van der Waals surface area (Å²) in [5.74, 6) is 0. The van der Waals surface area contributed by atoms with E-state index in [1.165, 1.54) is 16.3 Å². The molecule has 2 heteroatoms. The Morgan fingerprint density at radius 2 is 1.04 bits per heavy atom. The molecule has 1 aromatic heterocycles. The van der Waals surface area contributed by atoms with Gasteiger partial charge in [0.2, 0.25) is 0 Å². The van der Waals surface area contributed by atoms with E-state index in [-0.39, 0.29) is 29.9 Å². The molecule has 0 amide bonds. The first-order valence-electron chi connectivity index (χ1n) is 18.5. The van der Waals surface area contributed by atoms with Gasteiger partial charge in [-0.05, 0) is 82.0 Å². The molecule has 0 aliphatic rings. The fourth-order valence-electron chi connectivity index (χ4n) is 7.01. The molecule has 2 nitrogen and oxygen atoms in total. The van der Waals surface area contributed by atoms with Crippen molar-refractivity contribution < 1.29 is 6.85 Å². The van der Waals surface area contributed by atoms with Gasteiger partial charge in [-0.3, -0.25) is 0 Å². The Hall–Kier alpha value is -6.38. The Labute approximate surface area is 287 Å². The van der Waals surface area contributed by atoms with Crippen LogP contribution in [0.3, 0.4) is 0 Å². The third kappa shape index (κ3) is 4.66. The van der Waals surface area contributed by atoms with Crippen molar-refractivity contribution in [2.45, 2.75) is 0 Å². The average molecular weight is 618 g/mol. The van der Waals surface area contributed by atoms with Crippen molar-refractivity contribution >= 4 is 49.6 Å². The molecule has 0 bridgehead atoms. The molecule has 0 aliphatic carbocycles. The number of hydrogen-bond acceptors (Lipinski definition) is 1.